The van der Waals surface area contributed by atoms with Crippen molar-refractivity contribution in [2.24, 2.45) is 0 Å². The fourth-order valence-corrected chi connectivity index (χ4v) is 3.32. The van der Waals surface area contributed by atoms with Gasteiger partial charge in [-0.2, -0.15) is 0 Å². The molecule has 0 unspecified atom stereocenters. The molecule has 0 spiro atoms. The maximum absolute atomic E-state index is 2.33. The van der Waals surface area contributed by atoms with Crippen molar-refractivity contribution in [2.75, 3.05) is 0 Å². The predicted molar refractivity (Wildman–Crippen MR) is 82.9 cm³/mol. The minimum absolute atomic E-state index is 0.968. The van der Waals surface area contributed by atoms with Crippen LogP contribution in [-0.4, -0.2) is 16.8 Å². The molecule has 1 aromatic heterocycles. The molecule has 0 aliphatic carbocycles. The largest absolute Gasteiger partial charge is 0.396 e. The Morgan fingerprint density at radius 2 is 1.80 bits per heavy atom. The molecular weight excluding hydrogens is 243 g/mol. The minimum atomic E-state index is 0.968. The van der Waals surface area contributed by atoms with Crippen LogP contribution in [0.25, 0.3) is 22.5 Å². The van der Waals surface area contributed by atoms with Gasteiger partial charge in [0.1, 0.15) is 0 Å². The zero-order valence-electron chi connectivity index (χ0n) is 11.0. The normalized spacial score (nSPS) is 15.4. The molecule has 3 aromatic rings. The maximum atomic E-state index is 2.33. The summed E-state index contributed by atoms with van der Waals surface area (Å²) in [6.07, 6.45) is 4.52. The lowest BCUT2D eigenvalue weighted by molar-refractivity contribution is 0.628. The standard InChI is InChI=1S/C17H12BN2/c1-3-7-14-12(5-1)10-19-16(14)9-17-15-8-4-2-6-13(15)11-20(17)18-19/h1-10H,11H2. The Bertz CT molecular complexity index is 876. The smallest absolute Gasteiger partial charge is 0.394 e. The first-order chi connectivity index (χ1) is 9.90. The second-order valence-electron chi connectivity index (χ2n) is 5.44. The van der Waals surface area contributed by atoms with Gasteiger partial charge in [0, 0.05) is 35.1 Å². The van der Waals surface area contributed by atoms with E-state index in [0.29, 0.717) is 0 Å². The molecule has 2 aliphatic heterocycles. The van der Waals surface area contributed by atoms with Gasteiger partial charge in [-0.05, 0) is 17.0 Å². The minimum Gasteiger partial charge on any atom is -0.394 e. The molecule has 2 aliphatic rings. The van der Waals surface area contributed by atoms with Crippen molar-refractivity contribution < 1.29 is 0 Å². The van der Waals surface area contributed by atoms with Gasteiger partial charge in [-0.1, -0.05) is 48.5 Å². The average molecular weight is 255 g/mol. The Kier molecular flexibility index (Phi) is 1.85. The van der Waals surface area contributed by atoms with Crippen LogP contribution in [0.15, 0.2) is 54.7 Å². The summed E-state index contributed by atoms with van der Waals surface area (Å²) < 4.78 is 2.24. The summed E-state index contributed by atoms with van der Waals surface area (Å²) in [6, 6.07) is 17.2. The zero-order valence-corrected chi connectivity index (χ0v) is 11.0. The highest BCUT2D eigenvalue weighted by Crippen LogP contribution is 2.37. The summed E-state index contributed by atoms with van der Waals surface area (Å²) in [5, 5.41) is 2.62. The van der Waals surface area contributed by atoms with Crippen molar-refractivity contribution in [2.45, 2.75) is 6.54 Å². The summed E-state index contributed by atoms with van der Waals surface area (Å²) in [5.41, 5.74) is 5.37. The van der Waals surface area contributed by atoms with Crippen LogP contribution in [0.3, 0.4) is 0 Å². The van der Waals surface area contributed by atoms with E-state index < -0.39 is 0 Å². The lowest BCUT2D eigenvalue weighted by Gasteiger charge is -2.25. The van der Waals surface area contributed by atoms with Crippen LogP contribution >= 0.6 is 0 Å². The summed E-state index contributed by atoms with van der Waals surface area (Å²) in [6.45, 7) is 0.968. The van der Waals surface area contributed by atoms with E-state index in [9.17, 15) is 0 Å². The van der Waals surface area contributed by atoms with Crippen LogP contribution in [0, 0.1) is 0 Å². The molecule has 5 rings (SSSR count). The second-order valence-corrected chi connectivity index (χ2v) is 5.44. The van der Waals surface area contributed by atoms with Gasteiger partial charge < -0.3 is 9.29 Å². The Hall–Kier alpha value is -2.42. The molecule has 0 saturated carbocycles. The van der Waals surface area contributed by atoms with Gasteiger partial charge >= 0.3 is 7.55 Å². The van der Waals surface area contributed by atoms with E-state index in [4.69, 9.17) is 0 Å². The van der Waals surface area contributed by atoms with E-state index in [1.807, 2.05) is 0 Å². The maximum Gasteiger partial charge on any atom is 0.396 e. The Balaban J connectivity index is 1.78. The highest BCUT2D eigenvalue weighted by atomic mass is 15.2. The van der Waals surface area contributed by atoms with E-state index in [1.165, 1.54) is 33.3 Å². The van der Waals surface area contributed by atoms with Crippen LogP contribution in [0.4, 0.5) is 0 Å². The van der Waals surface area contributed by atoms with Crippen LogP contribution in [-0.2, 0) is 6.54 Å². The molecule has 0 fully saturated rings. The van der Waals surface area contributed by atoms with Crippen molar-refractivity contribution in [1.82, 2.24) is 9.29 Å². The lowest BCUT2D eigenvalue weighted by Crippen LogP contribution is -2.30. The first-order valence-electron chi connectivity index (χ1n) is 6.91. The Morgan fingerprint density at radius 1 is 0.950 bits per heavy atom. The molecule has 0 bridgehead atoms. The summed E-state index contributed by atoms with van der Waals surface area (Å²) >= 11 is 0. The number of aromatic nitrogens is 1. The van der Waals surface area contributed by atoms with Gasteiger partial charge in [0.05, 0.1) is 0 Å². The molecule has 0 saturated heterocycles. The van der Waals surface area contributed by atoms with Crippen LogP contribution in [0.2, 0.25) is 0 Å². The molecular formula is C17H12BN2. The molecule has 0 N–H and O–H groups in total. The van der Waals surface area contributed by atoms with Gasteiger partial charge in [0.15, 0.2) is 0 Å². The van der Waals surface area contributed by atoms with Crippen LogP contribution in [0.1, 0.15) is 16.8 Å². The van der Waals surface area contributed by atoms with Crippen LogP contribution in [0.5, 0.6) is 0 Å². The van der Waals surface area contributed by atoms with Gasteiger partial charge in [-0.3, -0.25) is 0 Å². The SMILES string of the molecule is [B]1N2Cc3ccccc3C2=Cc2c3ccccc3cn21. The zero-order chi connectivity index (χ0) is 13.1. The third-order valence-corrected chi connectivity index (χ3v) is 4.27. The van der Waals surface area contributed by atoms with E-state index in [2.05, 4.69) is 77.6 Å². The average Bonchev–Trinajstić information content (AvgIpc) is 3.02. The van der Waals surface area contributed by atoms with Crippen molar-refractivity contribution in [3.63, 3.8) is 0 Å². The quantitative estimate of drug-likeness (QED) is 0.559. The fraction of sp³-hybridized carbons (Fsp3) is 0.0588. The van der Waals surface area contributed by atoms with Gasteiger partial charge in [-0.15, -0.1) is 0 Å². The molecule has 3 heterocycles. The summed E-state index contributed by atoms with van der Waals surface area (Å²) in [7, 11) is 2.21. The monoisotopic (exact) mass is 255 g/mol. The fourth-order valence-electron chi connectivity index (χ4n) is 3.32. The Labute approximate surface area is 118 Å². The van der Waals surface area contributed by atoms with Crippen molar-refractivity contribution in [3.8, 4) is 0 Å². The number of rotatable bonds is 0. The summed E-state index contributed by atoms with van der Waals surface area (Å²) in [4.78, 5) is 2.33. The third kappa shape index (κ3) is 1.25. The molecule has 3 heteroatoms. The first kappa shape index (κ1) is 10.4. The third-order valence-electron chi connectivity index (χ3n) is 4.27. The number of hydrogen-bond donors (Lipinski definition) is 0. The predicted octanol–water partition coefficient (Wildman–Crippen LogP) is 3.35. The number of benzene rings is 2. The van der Waals surface area contributed by atoms with E-state index in [1.54, 1.807) is 0 Å². The molecule has 0 atom stereocenters. The topological polar surface area (TPSA) is 8.17 Å². The molecule has 93 valence electrons. The second kappa shape index (κ2) is 3.57. The molecule has 1 radical (unpaired) electrons. The van der Waals surface area contributed by atoms with E-state index in [-0.39, 0.29) is 0 Å². The van der Waals surface area contributed by atoms with Crippen LogP contribution < -0.4 is 0 Å². The van der Waals surface area contributed by atoms with E-state index >= 15 is 0 Å². The molecule has 0 amide bonds. The molecule has 2 nitrogen and oxygen atoms in total. The Morgan fingerprint density at radius 3 is 2.80 bits per heavy atom. The number of nitrogens with zero attached hydrogens (tertiary/aromatic N) is 2. The van der Waals surface area contributed by atoms with Crippen molar-refractivity contribution in [3.05, 3.63) is 71.5 Å². The molecule has 2 aromatic carbocycles. The number of hydrogen-bond acceptors (Lipinski definition) is 1. The van der Waals surface area contributed by atoms with Gasteiger partial charge in [-0.25, -0.2) is 0 Å². The number of fused-ring (bicyclic) bond motifs is 6. The highest BCUT2D eigenvalue weighted by Gasteiger charge is 2.29. The first-order valence-corrected chi connectivity index (χ1v) is 6.91. The van der Waals surface area contributed by atoms with Crippen molar-refractivity contribution in [1.29, 1.82) is 0 Å². The van der Waals surface area contributed by atoms with Crippen molar-refractivity contribution >= 4 is 30.1 Å². The van der Waals surface area contributed by atoms with Gasteiger partial charge in [0.25, 0.3) is 0 Å². The molecule has 20 heavy (non-hydrogen) atoms. The summed E-state index contributed by atoms with van der Waals surface area (Å²) in [5.74, 6) is 0. The van der Waals surface area contributed by atoms with Gasteiger partial charge in [0.2, 0.25) is 0 Å². The highest BCUT2D eigenvalue weighted by molar-refractivity contribution is 6.36. The lowest BCUT2D eigenvalue weighted by atomic mass is 10.00. The van der Waals surface area contributed by atoms with E-state index in [0.717, 1.165) is 6.54 Å².